The Kier molecular flexibility index (Phi) is 8.10. The van der Waals surface area contributed by atoms with Crippen LogP contribution in [0.15, 0.2) is 60.7 Å². The first-order valence-electron chi connectivity index (χ1n) is 13.8. The van der Waals surface area contributed by atoms with Crippen molar-refractivity contribution in [1.29, 1.82) is 0 Å². The van der Waals surface area contributed by atoms with Crippen molar-refractivity contribution in [3.05, 3.63) is 99.7 Å². The number of carboxylic acid groups (broad SMARTS) is 1. The van der Waals surface area contributed by atoms with Crippen molar-refractivity contribution in [2.75, 3.05) is 0 Å². The van der Waals surface area contributed by atoms with E-state index >= 15 is 0 Å². The molecule has 0 saturated heterocycles. The number of aliphatic carboxylic acids is 1. The third kappa shape index (κ3) is 6.06. The Bertz CT molecular complexity index is 1580. The maximum absolute atomic E-state index is 13.2. The summed E-state index contributed by atoms with van der Waals surface area (Å²) in [6.07, 6.45) is 0. The standard InChI is InChI=1S/C34H40N2O4/c1-20(2)26-10-9-11-27(17-26)23(5)35-32(37)28-12-13-31-30(18-28)22(4)24(6)36(31)19-25-14-21(3)15-29(16-25)40-34(7,8)33(38)39/h9-18,20,23H,19H2,1-8H3,(H,35,37)(H,38,39). The lowest BCUT2D eigenvalue weighted by Crippen LogP contribution is -2.37. The molecular weight excluding hydrogens is 500 g/mol. The van der Waals surface area contributed by atoms with E-state index in [1.54, 1.807) is 13.8 Å². The number of amides is 1. The lowest BCUT2D eigenvalue weighted by molar-refractivity contribution is -0.152. The predicted octanol–water partition coefficient (Wildman–Crippen LogP) is 7.47. The highest BCUT2D eigenvalue weighted by atomic mass is 16.5. The summed E-state index contributed by atoms with van der Waals surface area (Å²) >= 11 is 0. The molecule has 1 unspecified atom stereocenters. The number of hydrogen-bond donors (Lipinski definition) is 2. The molecule has 0 saturated carbocycles. The molecule has 6 heteroatoms. The van der Waals surface area contributed by atoms with Gasteiger partial charge in [0, 0.05) is 28.7 Å². The second kappa shape index (κ2) is 11.2. The number of benzene rings is 3. The number of nitrogens with one attached hydrogen (secondary N) is 1. The highest BCUT2D eigenvalue weighted by molar-refractivity contribution is 5.99. The van der Waals surface area contributed by atoms with Crippen molar-refractivity contribution in [1.82, 2.24) is 9.88 Å². The number of nitrogens with zero attached hydrogens (tertiary/aromatic N) is 1. The van der Waals surface area contributed by atoms with Gasteiger partial charge in [-0.25, -0.2) is 4.79 Å². The Balaban J connectivity index is 1.59. The van der Waals surface area contributed by atoms with Crippen LogP contribution in [0, 0.1) is 20.8 Å². The zero-order valence-corrected chi connectivity index (χ0v) is 24.8. The molecule has 0 aliphatic rings. The summed E-state index contributed by atoms with van der Waals surface area (Å²) in [5, 5.41) is 13.7. The van der Waals surface area contributed by atoms with Gasteiger partial charge in [0.15, 0.2) is 5.60 Å². The molecule has 1 heterocycles. The normalized spacial score (nSPS) is 12.5. The summed E-state index contributed by atoms with van der Waals surface area (Å²) in [6, 6.07) is 20.0. The number of carbonyl (C=O) groups is 2. The van der Waals surface area contributed by atoms with Gasteiger partial charge in [-0.15, -0.1) is 0 Å². The lowest BCUT2D eigenvalue weighted by atomic mass is 9.98. The van der Waals surface area contributed by atoms with Crippen LogP contribution in [0.4, 0.5) is 0 Å². The van der Waals surface area contributed by atoms with Crippen molar-refractivity contribution < 1.29 is 19.4 Å². The highest BCUT2D eigenvalue weighted by Crippen LogP contribution is 2.29. The van der Waals surface area contributed by atoms with Gasteiger partial charge in [-0.3, -0.25) is 4.79 Å². The topological polar surface area (TPSA) is 80.6 Å². The molecule has 2 N–H and O–H groups in total. The van der Waals surface area contributed by atoms with E-state index < -0.39 is 11.6 Å². The summed E-state index contributed by atoms with van der Waals surface area (Å²) in [5.41, 5.74) is 6.92. The quantitative estimate of drug-likeness (QED) is 0.231. The van der Waals surface area contributed by atoms with Gasteiger partial charge in [0.2, 0.25) is 0 Å². The van der Waals surface area contributed by atoms with Crippen molar-refractivity contribution in [2.45, 2.75) is 79.5 Å². The van der Waals surface area contributed by atoms with E-state index in [1.165, 1.54) is 5.56 Å². The number of rotatable bonds is 9. The second-order valence-corrected chi connectivity index (χ2v) is 11.6. The number of carboxylic acids is 1. The Hall–Kier alpha value is -4.06. The summed E-state index contributed by atoms with van der Waals surface area (Å²) in [4.78, 5) is 24.8. The average molecular weight is 541 g/mol. The molecule has 1 aromatic heterocycles. The Morgan fingerprint density at radius 1 is 0.950 bits per heavy atom. The van der Waals surface area contributed by atoms with Gasteiger partial charge in [-0.05, 0) is 106 Å². The van der Waals surface area contributed by atoms with Crippen molar-refractivity contribution in [3.63, 3.8) is 0 Å². The van der Waals surface area contributed by atoms with Crippen LogP contribution in [0.25, 0.3) is 10.9 Å². The summed E-state index contributed by atoms with van der Waals surface area (Å²) in [6.45, 7) is 16.2. The van der Waals surface area contributed by atoms with E-state index in [-0.39, 0.29) is 11.9 Å². The largest absolute Gasteiger partial charge is 0.478 e. The minimum atomic E-state index is -1.33. The maximum Gasteiger partial charge on any atom is 0.347 e. The number of hydrogen-bond acceptors (Lipinski definition) is 3. The molecule has 0 aliphatic carbocycles. The first kappa shape index (κ1) is 28.9. The molecule has 0 aliphatic heterocycles. The molecule has 4 rings (SSSR count). The molecule has 4 aromatic rings. The van der Waals surface area contributed by atoms with Crippen LogP contribution in [0.2, 0.25) is 0 Å². The van der Waals surface area contributed by atoms with Gasteiger partial charge in [-0.1, -0.05) is 44.2 Å². The van der Waals surface area contributed by atoms with Crippen molar-refractivity contribution in [2.24, 2.45) is 0 Å². The molecule has 1 amide bonds. The van der Waals surface area contributed by atoms with E-state index in [0.717, 1.165) is 38.9 Å². The fourth-order valence-corrected chi connectivity index (χ4v) is 5.04. The third-order valence-electron chi connectivity index (χ3n) is 7.67. The molecule has 0 radical (unpaired) electrons. The molecule has 210 valence electrons. The van der Waals surface area contributed by atoms with Gasteiger partial charge in [-0.2, -0.15) is 0 Å². The molecule has 6 nitrogen and oxygen atoms in total. The number of ether oxygens (including phenoxy) is 1. The van der Waals surface area contributed by atoms with Crippen LogP contribution in [0.1, 0.15) is 90.4 Å². The van der Waals surface area contributed by atoms with E-state index in [4.69, 9.17) is 4.74 Å². The molecule has 3 aromatic carbocycles. The van der Waals surface area contributed by atoms with E-state index in [0.29, 0.717) is 23.8 Å². The van der Waals surface area contributed by atoms with E-state index in [9.17, 15) is 14.7 Å². The summed E-state index contributed by atoms with van der Waals surface area (Å²) in [5.74, 6) is -0.163. The monoisotopic (exact) mass is 540 g/mol. The van der Waals surface area contributed by atoms with Crippen molar-refractivity contribution >= 4 is 22.8 Å². The first-order valence-corrected chi connectivity index (χ1v) is 13.8. The van der Waals surface area contributed by atoms with Crippen LogP contribution in [0.5, 0.6) is 5.75 Å². The summed E-state index contributed by atoms with van der Waals surface area (Å²) in [7, 11) is 0. The van der Waals surface area contributed by atoms with Gasteiger partial charge in [0.1, 0.15) is 5.75 Å². The fraction of sp³-hybridized carbons (Fsp3) is 0.353. The summed E-state index contributed by atoms with van der Waals surface area (Å²) < 4.78 is 8.05. The molecule has 0 spiro atoms. The predicted molar refractivity (Wildman–Crippen MR) is 160 cm³/mol. The minimum Gasteiger partial charge on any atom is -0.478 e. The van der Waals surface area contributed by atoms with Gasteiger partial charge in [0.05, 0.1) is 6.04 Å². The Morgan fingerprint density at radius 3 is 2.33 bits per heavy atom. The molecule has 0 bridgehead atoms. The van der Waals surface area contributed by atoms with Crippen LogP contribution in [0.3, 0.4) is 0 Å². The smallest absolute Gasteiger partial charge is 0.347 e. The van der Waals surface area contributed by atoms with Gasteiger partial charge in [0.25, 0.3) is 5.91 Å². The third-order valence-corrected chi connectivity index (χ3v) is 7.67. The molecule has 0 fully saturated rings. The highest BCUT2D eigenvalue weighted by Gasteiger charge is 2.29. The molecule has 40 heavy (non-hydrogen) atoms. The van der Waals surface area contributed by atoms with E-state index in [1.807, 2.05) is 50.2 Å². The average Bonchev–Trinajstić information content (AvgIpc) is 3.12. The van der Waals surface area contributed by atoms with Crippen LogP contribution in [-0.4, -0.2) is 27.2 Å². The maximum atomic E-state index is 13.2. The SMILES string of the molecule is Cc1cc(Cn2c(C)c(C)c3cc(C(=O)NC(C)c4cccc(C(C)C)c4)ccc32)cc(OC(C)(C)C(=O)O)c1. The van der Waals surface area contributed by atoms with Crippen LogP contribution < -0.4 is 10.1 Å². The zero-order valence-electron chi connectivity index (χ0n) is 24.8. The Labute approximate surface area is 237 Å². The van der Waals surface area contributed by atoms with E-state index in [2.05, 4.69) is 61.8 Å². The minimum absolute atomic E-state index is 0.101. The Morgan fingerprint density at radius 2 is 1.65 bits per heavy atom. The number of aromatic nitrogens is 1. The molecular formula is C34H40N2O4. The van der Waals surface area contributed by atoms with Crippen LogP contribution in [-0.2, 0) is 11.3 Å². The lowest BCUT2D eigenvalue weighted by Gasteiger charge is -2.22. The zero-order chi connectivity index (χ0) is 29.4. The first-order chi connectivity index (χ1) is 18.8. The fourth-order valence-electron chi connectivity index (χ4n) is 5.04. The van der Waals surface area contributed by atoms with Crippen LogP contribution >= 0.6 is 0 Å². The number of carbonyl (C=O) groups excluding carboxylic acids is 1. The number of fused-ring (bicyclic) bond motifs is 1. The molecule has 1 atom stereocenters. The second-order valence-electron chi connectivity index (χ2n) is 11.6. The van der Waals surface area contributed by atoms with Crippen molar-refractivity contribution in [3.8, 4) is 5.75 Å². The van der Waals surface area contributed by atoms with Gasteiger partial charge >= 0.3 is 5.97 Å². The van der Waals surface area contributed by atoms with Gasteiger partial charge < -0.3 is 19.7 Å². The number of aryl methyl sites for hydroxylation is 2.